The van der Waals surface area contributed by atoms with Gasteiger partial charge >= 0.3 is 0 Å². The summed E-state index contributed by atoms with van der Waals surface area (Å²) in [5.41, 5.74) is 2.37. The molecule has 6 heteroatoms. The molecule has 0 saturated heterocycles. The van der Waals surface area contributed by atoms with E-state index in [0.717, 1.165) is 37.6 Å². The lowest BCUT2D eigenvalue weighted by Gasteiger charge is -2.12. The largest absolute Gasteiger partial charge is 0.357 e. The number of guanidine groups is 1. The Labute approximate surface area is 168 Å². The maximum atomic E-state index is 4.64. The van der Waals surface area contributed by atoms with Gasteiger partial charge in [0.2, 0.25) is 0 Å². The molecule has 0 radical (unpaired) electrons. The minimum absolute atomic E-state index is 0. The summed E-state index contributed by atoms with van der Waals surface area (Å²) in [5, 5.41) is 11.1. The second-order valence-electron chi connectivity index (χ2n) is 6.34. The molecule has 1 aromatic carbocycles. The molecule has 25 heavy (non-hydrogen) atoms. The zero-order valence-electron chi connectivity index (χ0n) is 15.4. The van der Waals surface area contributed by atoms with E-state index >= 15 is 0 Å². The molecule has 2 N–H and O–H groups in total. The van der Waals surface area contributed by atoms with Gasteiger partial charge in [0, 0.05) is 24.8 Å². The fourth-order valence-corrected chi connectivity index (χ4v) is 2.34. The first-order chi connectivity index (χ1) is 11.7. The number of hydrogen-bond donors (Lipinski definition) is 2. The number of nitrogens with one attached hydrogen (secondary N) is 2. The molecule has 0 aliphatic carbocycles. The highest BCUT2D eigenvalue weighted by Crippen LogP contribution is 2.05. The Bertz CT molecular complexity index is 622. The van der Waals surface area contributed by atoms with Crippen molar-refractivity contribution in [2.24, 2.45) is 10.9 Å². The van der Waals surface area contributed by atoms with Gasteiger partial charge in [-0.2, -0.15) is 5.10 Å². The molecule has 0 aliphatic heterocycles. The van der Waals surface area contributed by atoms with Crippen LogP contribution in [0.3, 0.4) is 0 Å². The van der Waals surface area contributed by atoms with Crippen LogP contribution in [0.2, 0.25) is 0 Å². The van der Waals surface area contributed by atoms with E-state index in [0.29, 0.717) is 12.5 Å². The molecule has 0 spiro atoms. The van der Waals surface area contributed by atoms with E-state index in [9.17, 15) is 0 Å². The van der Waals surface area contributed by atoms with Crippen molar-refractivity contribution >= 4 is 29.9 Å². The third-order valence-electron chi connectivity index (χ3n) is 3.65. The fourth-order valence-electron chi connectivity index (χ4n) is 2.34. The van der Waals surface area contributed by atoms with Gasteiger partial charge in [0.15, 0.2) is 5.96 Å². The monoisotopic (exact) mass is 455 g/mol. The van der Waals surface area contributed by atoms with Gasteiger partial charge in [0.25, 0.3) is 0 Å². The normalized spacial score (nSPS) is 11.3. The van der Waals surface area contributed by atoms with Crippen LogP contribution >= 0.6 is 24.0 Å². The topological polar surface area (TPSA) is 54.2 Å². The SMILES string of the molecule is CCNC(=NCc1cnn(Cc2ccccc2)c1)NCCC(C)C.I. The molecule has 5 nitrogen and oxygen atoms in total. The summed E-state index contributed by atoms with van der Waals surface area (Å²) < 4.78 is 1.96. The molecule has 0 aliphatic rings. The molecular formula is C19H30IN5. The fraction of sp³-hybridized carbons (Fsp3) is 0.474. The Morgan fingerprint density at radius 2 is 1.92 bits per heavy atom. The van der Waals surface area contributed by atoms with Crippen LogP contribution in [0.1, 0.15) is 38.3 Å². The molecular weight excluding hydrogens is 425 g/mol. The molecule has 1 aromatic heterocycles. The zero-order valence-corrected chi connectivity index (χ0v) is 17.7. The van der Waals surface area contributed by atoms with Gasteiger partial charge in [-0.05, 0) is 24.8 Å². The van der Waals surface area contributed by atoms with E-state index in [1.54, 1.807) is 0 Å². The van der Waals surface area contributed by atoms with Crippen molar-refractivity contribution in [3.8, 4) is 0 Å². The van der Waals surface area contributed by atoms with Gasteiger partial charge in [0.1, 0.15) is 0 Å². The standard InChI is InChI=1S/C19H29N5.HI/c1-4-20-19(21-11-10-16(2)3)22-12-18-13-23-24(15-18)14-17-8-6-5-7-9-17;/h5-9,13,15-16H,4,10-12,14H2,1-3H3,(H2,20,21,22);1H. The Balaban J connectivity index is 0.00000312. The van der Waals surface area contributed by atoms with Crippen molar-refractivity contribution in [3.05, 3.63) is 53.9 Å². The zero-order chi connectivity index (χ0) is 17.2. The third-order valence-corrected chi connectivity index (χ3v) is 3.65. The van der Waals surface area contributed by atoms with Crippen molar-refractivity contribution in [3.63, 3.8) is 0 Å². The van der Waals surface area contributed by atoms with E-state index in [1.165, 1.54) is 5.56 Å². The summed E-state index contributed by atoms with van der Waals surface area (Å²) in [5.74, 6) is 1.56. The number of rotatable bonds is 8. The second kappa shape index (κ2) is 11.9. The Kier molecular flexibility index (Phi) is 10.2. The summed E-state index contributed by atoms with van der Waals surface area (Å²) in [4.78, 5) is 4.64. The van der Waals surface area contributed by atoms with Crippen LogP contribution in [0, 0.1) is 5.92 Å². The molecule has 0 bridgehead atoms. The third kappa shape index (κ3) is 8.38. The van der Waals surface area contributed by atoms with Crippen LogP contribution in [0.15, 0.2) is 47.7 Å². The van der Waals surface area contributed by atoms with Crippen LogP contribution in [0.5, 0.6) is 0 Å². The molecule has 2 rings (SSSR count). The molecule has 138 valence electrons. The smallest absolute Gasteiger partial charge is 0.191 e. The number of benzene rings is 1. The number of aliphatic imine (C=N–C) groups is 1. The van der Waals surface area contributed by atoms with Crippen LogP contribution < -0.4 is 10.6 Å². The van der Waals surface area contributed by atoms with E-state index in [-0.39, 0.29) is 24.0 Å². The lowest BCUT2D eigenvalue weighted by molar-refractivity contribution is 0.573. The first-order valence-corrected chi connectivity index (χ1v) is 8.74. The molecule has 2 aromatic rings. The van der Waals surface area contributed by atoms with Crippen LogP contribution in [-0.4, -0.2) is 28.8 Å². The van der Waals surface area contributed by atoms with Crippen LogP contribution in [-0.2, 0) is 13.1 Å². The summed E-state index contributed by atoms with van der Waals surface area (Å²) in [7, 11) is 0. The summed E-state index contributed by atoms with van der Waals surface area (Å²) in [6.07, 6.45) is 5.09. The summed E-state index contributed by atoms with van der Waals surface area (Å²) >= 11 is 0. The molecule has 0 saturated carbocycles. The maximum absolute atomic E-state index is 4.64. The Hall–Kier alpha value is -1.57. The summed E-state index contributed by atoms with van der Waals surface area (Å²) in [6.45, 7) is 9.76. The Morgan fingerprint density at radius 3 is 2.60 bits per heavy atom. The highest BCUT2D eigenvalue weighted by atomic mass is 127. The highest BCUT2D eigenvalue weighted by molar-refractivity contribution is 14.0. The van der Waals surface area contributed by atoms with Crippen molar-refractivity contribution in [1.82, 2.24) is 20.4 Å². The van der Waals surface area contributed by atoms with Crippen molar-refractivity contribution in [2.45, 2.75) is 40.3 Å². The van der Waals surface area contributed by atoms with Crippen molar-refractivity contribution in [2.75, 3.05) is 13.1 Å². The average molecular weight is 455 g/mol. The van der Waals surface area contributed by atoms with Crippen LogP contribution in [0.4, 0.5) is 0 Å². The number of halogens is 1. The van der Waals surface area contributed by atoms with Gasteiger partial charge in [0.05, 0.1) is 19.3 Å². The van der Waals surface area contributed by atoms with Gasteiger partial charge in [-0.25, -0.2) is 4.99 Å². The predicted octanol–water partition coefficient (Wildman–Crippen LogP) is 3.65. The average Bonchev–Trinajstić information content (AvgIpc) is 3.00. The minimum Gasteiger partial charge on any atom is -0.357 e. The Morgan fingerprint density at radius 1 is 1.16 bits per heavy atom. The molecule has 0 unspecified atom stereocenters. The molecule has 1 heterocycles. The molecule has 0 fully saturated rings. The van der Waals surface area contributed by atoms with Gasteiger partial charge in [-0.15, -0.1) is 24.0 Å². The number of aromatic nitrogens is 2. The minimum atomic E-state index is 0. The maximum Gasteiger partial charge on any atom is 0.191 e. The first kappa shape index (κ1) is 21.5. The molecule has 0 amide bonds. The number of nitrogens with zero attached hydrogens (tertiary/aromatic N) is 3. The van der Waals surface area contributed by atoms with Gasteiger partial charge in [-0.3, -0.25) is 4.68 Å². The van der Waals surface area contributed by atoms with E-state index < -0.39 is 0 Å². The van der Waals surface area contributed by atoms with Crippen LogP contribution in [0.25, 0.3) is 0 Å². The number of hydrogen-bond acceptors (Lipinski definition) is 2. The van der Waals surface area contributed by atoms with Gasteiger partial charge in [-0.1, -0.05) is 44.2 Å². The van der Waals surface area contributed by atoms with Gasteiger partial charge < -0.3 is 10.6 Å². The second-order valence-corrected chi connectivity index (χ2v) is 6.34. The predicted molar refractivity (Wildman–Crippen MR) is 115 cm³/mol. The lowest BCUT2D eigenvalue weighted by Crippen LogP contribution is -2.38. The van der Waals surface area contributed by atoms with E-state index in [2.05, 4.69) is 72.0 Å². The molecule has 0 atom stereocenters. The van der Waals surface area contributed by atoms with Crippen molar-refractivity contribution in [1.29, 1.82) is 0 Å². The first-order valence-electron chi connectivity index (χ1n) is 8.74. The van der Waals surface area contributed by atoms with E-state index in [1.807, 2.05) is 16.9 Å². The van der Waals surface area contributed by atoms with Crippen molar-refractivity contribution < 1.29 is 0 Å². The highest BCUT2D eigenvalue weighted by Gasteiger charge is 2.02. The quantitative estimate of drug-likeness (QED) is 0.363. The lowest BCUT2D eigenvalue weighted by atomic mass is 10.1. The van der Waals surface area contributed by atoms with E-state index in [4.69, 9.17) is 0 Å². The summed E-state index contributed by atoms with van der Waals surface area (Å²) in [6, 6.07) is 10.4.